The standard InChI is InChI=1S/C15H22N2O3S2/c1-2-8-22(19,20)17-6-5-15(11-17)9-13(15)14(18)16-10-12-4-3-7-21-12/h3-4,7,13H,2,5-6,8-11H2,1H3,(H,16,18)/t13-,15-/m0/s1. The van der Waals surface area contributed by atoms with Gasteiger partial charge in [-0.15, -0.1) is 11.3 Å². The second-order valence-corrected chi connectivity index (χ2v) is 9.44. The van der Waals surface area contributed by atoms with Gasteiger partial charge < -0.3 is 5.32 Å². The molecule has 1 aliphatic heterocycles. The van der Waals surface area contributed by atoms with Crippen LogP contribution in [0.15, 0.2) is 17.5 Å². The Morgan fingerprint density at radius 3 is 3.05 bits per heavy atom. The van der Waals surface area contributed by atoms with Gasteiger partial charge in [0.05, 0.1) is 12.3 Å². The molecule has 1 aliphatic carbocycles. The number of carbonyl (C=O) groups is 1. The van der Waals surface area contributed by atoms with Crippen molar-refractivity contribution >= 4 is 27.3 Å². The topological polar surface area (TPSA) is 66.5 Å². The van der Waals surface area contributed by atoms with Gasteiger partial charge >= 0.3 is 0 Å². The fourth-order valence-electron chi connectivity index (χ4n) is 3.36. The Morgan fingerprint density at radius 2 is 2.36 bits per heavy atom. The van der Waals surface area contributed by atoms with Gasteiger partial charge in [0.2, 0.25) is 15.9 Å². The maximum atomic E-state index is 12.3. The summed E-state index contributed by atoms with van der Waals surface area (Å²) in [6.07, 6.45) is 2.27. The Labute approximate surface area is 135 Å². The first-order valence-corrected chi connectivity index (χ1v) is 10.2. The smallest absolute Gasteiger partial charge is 0.224 e. The fraction of sp³-hybridized carbons (Fsp3) is 0.667. The second-order valence-electron chi connectivity index (χ2n) is 6.32. The zero-order chi connectivity index (χ0) is 15.8. The molecule has 1 aromatic heterocycles. The fourth-order valence-corrected chi connectivity index (χ4v) is 5.60. The van der Waals surface area contributed by atoms with E-state index < -0.39 is 10.0 Å². The van der Waals surface area contributed by atoms with Crippen LogP contribution in [0.3, 0.4) is 0 Å². The van der Waals surface area contributed by atoms with E-state index in [4.69, 9.17) is 0 Å². The molecule has 1 saturated carbocycles. The number of amides is 1. The summed E-state index contributed by atoms with van der Waals surface area (Å²) in [5.41, 5.74) is -0.0969. The molecule has 7 heteroatoms. The molecule has 1 amide bonds. The number of hydrogen-bond acceptors (Lipinski definition) is 4. The number of carbonyl (C=O) groups excluding carboxylic acids is 1. The molecule has 2 fully saturated rings. The van der Waals surface area contributed by atoms with Gasteiger partial charge in [-0.05, 0) is 36.1 Å². The second kappa shape index (κ2) is 5.94. The minimum Gasteiger partial charge on any atom is -0.351 e. The molecular formula is C15H22N2O3S2. The van der Waals surface area contributed by atoms with E-state index in [0.29, 0.717) is 26.1 Å². The third kappa shape index (κ3) is 3.07. The van der Waals surface area contributed by atoms with Crippen molar-refractivity contribution in [1.82, 2.24) is 9.62 Å². The SMILES string of the molecule is CCCS(=O)(=O)N1CC[C@]2(C[C@H]2C(=O)NCc2cccs2)C1. The first kappa shape index (κ1) is 16.0. The Hall–Kier alpha value is -0.920. The quantitative estimate of drug-likeness (QED) is 0.857. The first-order valence-electron chi connectivity index (χ1n) is 7.75. The maximum absolute atomic E-state index is 12.3. The number of nitrogens with one attached hydrogen (secondary N) is 1. The van der Waals surface area contributed by atoms with Crippen molar-refractivity contribution in [2.45, 2.75) is 32.7 Å². The minimum absolute atomic E-state index is 0.0192. The van der Waals surface area contributed by atoms with Crippen LogP contribution < -0.4 is 5.32 Å². The van der Waals surface area contributed by atoms with E-state index in [1.54, 1.807) is 15.6 Å². The van der Waals surface area contributed by atoms with Crippen molar-refractivity contribution in [2.24, 2.45) is 11.3 Å². The Kier molecular flexibility index (Phi) is 4.31. The first-order chi connectivity index (χ1) is 10.5. The molecule has 2 atom stereocenters. The molecule has 0 radical (unpaired) electrons. The Bertz CT molecular complexity index is 642. The zero-order valence-electron chi connectivity index (χ0n) is 12.7. The maximum Gasteiger partial charge on any atom is 0.224 e. The highest BCUT2D eigenvalue weighted by atomic mass is 32.2. The van der Waals surface area contributed by atoms with Crippen molar-refractivity contribution in [3.63, 3.8) is 0 Å². The van der Waals surface area contributed by atoms with Crippen molar-refractivity contribution in [2.75, 3.05) is 18.8 Å². The van der Waals surface area contributed by atoms with Gasteiger partial charge in [-0.2, -0.15) is 0 Å². The van der Waals surface area contributed by atoms with Crippen molar-refractivity contribution in [1.29, 1.82) is 0 Å². The van der Waals surface area contributed by atoms with Gasteiger partial charge in [0.25, 0.3) is 0 Å². The predicted octanol–water partition coefficient (Wildman–Crippen LogP) is 1.82. The summed E-state index contributed by atoms with van der Waals surface area (Å²) in [7, 11) is -3.13. The van der Waals surface area contributed by atoms with E-state index in [-0.39, 0.29) is 23.0 Å². The third-order valence-electron chi connectivity index (χ3n) is 4.73. The highest BCUT2D eigenvalue weighted by molar-refractivity contribution is 7.89. The van der Waals surface area contributed by atoms with Gasteiger partial charge in [0, 0.05) is 23.9 Å². The minimum atomic E-state index is -3.13. The van der Waals surface area contributed by atoms with Gasteiger partial charge in [-0.3, -0.25) is 4.79 Å². The lowest BCUT2D eigenvalue weighted by Crippen LogP contribution is -2.32. The van der Waals surface area contributed by atoms with Crippen molar-refractivity contribution in [3.05, 3.63) is 22.4 Å². The van der Waals surface area contributed by atoms with E-state index in [1.165, 1.54) is 0 Å². The molecule has 22 heavy (non-hydrogen) atoms. The van der Waals surface area contributed by atoms with E-state index in [9.17, 15) is 13.2 Å². The largest absolute Gasteiger partial charge is 0.351 e. The monoisotopic (exact) mass is 342 g/mol. The number of sulfonamides is 1. The molecule has 1 spiro atoms. The van der Waals surface area contributed by atoms with Crippen LogP contribution in [0.1, 0.15) is 31.1 Å². The van der Waals surface area contributed by atoms with E-state index >= 15 is 0 Å². The molecule has 3 rings (SSSR count). The van der Waals surface area contributed by atoms with Gasteiger partial charge in [-0.1, -0.05) is 13.0 Å². The summed E-state index contributed by atoms with van der Waals surface area (Å²) in [6.45, 7) is 3.53. The highest BCUT2D eigenvalue weighted by Gasteiger charge is 2.61. The Morgan fingerprint density at radius 1 is 1.55 bits per heavy atom. The molecule has 5 nitrogen and oxygen atoms in total. The summed E-state index contributed by atoms with van der Waals surface area (Å²) in [5.74, 6) is 0.260. The van der Waals surface area contributed by atoms with Crippen LogP contribution in [0.4, 0.5) is 0 Å². The molecule has 1 N–H and O–H groups in total. The van der Waals surface area contributed by atoms with Gasteiger partial charge in [0.1, 0.15) is 0 Å². The molecule has 0 unspecified atom stereocenters. The average molecular weight is 342 g/mol. The van der Waals surface area contributed by atoms with Crippen LogP contribution in [-0.2, 0) is 21.4 Å². The molecular weight excluding hydrogens is 320 g/mol. The van der Waals surface area contributed by atoms with Crippen LogP contribution in [0.5, 0.6) is 0 Å². The van der Waals surface area contributed by atoms with Gasteiger partial charge in [0.15, 0.2) is 0 Å². The van der Waals surface area contributed by atoms with Gasteiger partial charge in [-0.25, -0.2) is 12.7 Å². The molecule has 2 heterocycles. The Balaban J connectivity index is 1.54. The molecule has 0 aromatic carbocycles. The summed E-state index contributed by atoms with van der Waals surface area (Å²) in [5, 5.41) is 4.97. The number of hydrogen-bond donors (Lipinski definition) is 1. The molecule has 1 aromatic rings. The van der Waals surface area contributed by atoms with Crippen molar-refractivity contribution < 1.29 is 13.2 Å². The van der Waals surface area contributed by atoms with Crippen LogP contribution in [0, 0.1) is 11.3 Å². The zero-order valence-corrected chi connectivity index (χ0v) is 14.4. The lowest BCUT2D eigenvalue weighted by Gasteiger charge is -2.16. The normalized spacial score (nSPS) is 28.1. The highest BCUT2D eigenvalue weighted by Crippen LogP contribution is 2.58. The van der Waals surface area contributed by atoms with Crippen molar-refractivity contribution in [3.8, 4) is 0 Å². The molecule has 2 aliphatic rings. The predicted molar refractivity (Wildman–Crippen MR) is 87.0 cm³/mol. The van der Waals surface area contributed by atoms with Crippen LogP contribution in [0.2, 0.25) is 0 Å². The molecule has 0 bridgehead atoms. The lowest BCUT2D eigenvalue weighted by molar-refractivity contribution is -0.123. The van der Waals surface area contributed by atoms with E-state index in [0.717, 1.165) is 17.7 Å². The third-order valence-corrected chi connectivity index (χ3v) is 7.63. The number of thiophene rings is 1. The summed E-state index contributed by atoms with van der Waals surface area (Å²) in [6, 6.07) is 3.97. The summed E-state index contributed by atoms with van der Waals surface area (Å²) in [4.78, 5) is 13.4. The lowest BCUT2D eigenvalue weighted by atomic mass is 10.0. The molecule has 1 saturated heterocycles. The number of nitrogens with zero attached hydrogens (tertiary/aromatic N) is 1. The van der Waals surface area contributed by atoms with E-state index in [1.807, 2.05) is 24.4 Å². The average Bonchev–Trinajstić information content (AvgIpc) is 2.82. The summed E-state index contributed by atoms with van der Waals surface area (Å²) < 4.78 is 25.9. The molecule has 122 valence electrons. The van der Waals surface area contributed by atoms with Crippen LogP contribution >= 0.6 is 11.3 Å². The van der Waals surface area contributed by atoms with Crippen LogP contribution in [0.25, 0.3) is 0 Å². The van der Waals surface area contributed by atoms with E-state index in [2.05, 4.69) is 5.32 Å². The number of rotatable bonds is 6. The van der Waals surface area contributed by atoms with Crippen LogP contribution in [-0.4, -0.2) is 37.5 Å². The summed E-state index contributed by atoms with van der Waals surface area (Å²) >= 11 is 1.63.